The number of rotatable bonds is 7. The minimum Gasteiger partial charge on any atom is -0.309 e. The highest BCUT2D eigenvalue weighted by molar-refractivity contribution is 6.13. The van der Waals surface area contributed by atoms with E-state index in [4.69, 9.17) is 0 Å². The van der Waals surface area contributed by atoms with Crippen molar-refractivity contribution in [2.45, 2.75) is 12.3 Å². The second-order valence-electron chi connectivity index (χ2n) is 16.5. The van der Waals surface area contributed by atoms with Crippen molar-refractivity contribution in [3.8, 4) is 44.8 Å². The molecule has 0 fully saturated rings. The number of para-hydroxylation sites is 2. The fourth-order valence-corrected chi connectivity index (χ4v) is 9.80. The molecule has 11 aromatic rings. The van der Waals surface area contributed by atoms with Crippen molar-refractivity contribution in [3.05, 3.63) is 248 Å². The molecule has 0 saturated heterocycles. The van der Waals surface area contributed by atoms with Crippen LogP contribution in [0.15, 0.2) is 237 Å². The van der Waals surface area contributed by atoms with Crippen LogP contribution >= 0.6 is 0 Å². The van der Waals surface area contributed by atoms with Crippen LogP contribution in [0.3, 0.4) is 0 Å². The van der Waals surface area contributed by atoms with Gasteiger partial charge in [0.2, 0.25) is 0 Å². The number of aromatic nitrogens is 2. The lowest BCUT2D eigenvalue weighted by Gasteiger charge is -2.18. The van der Waals surface area contributed by atoms with Gasteiger partial charge < -0.3 is 9.13 Å². The van der Waals surface area contributed by atoms with E-state index in [9.17, 15) is 0 Å². The van der Waals surface area contributed by atoms with E-state index < -0.39 is 0 Å². The Morgan fingerprint density at radius 2 is 0.823 bits per heavy atom. The Kier molecular flexibility index (Phi) is 8.67. The molecule has 0 spiro atoms. The molecule has 292 valence electrons. The molecule has 2 heteroatoms. The van der Waals surface area contributed by atoms with Crippen LogP contribution in [0.25, 0.3) is 93.9 Å². The van der Waals surface area contributed by atoms with Gasteiger partial charge in [0, 0.05) is 38.8 Å². The van der Waals surface area contributed by atoms with E-state index >= 15 is 0 Å². The van der Waals surface area contributed by atoms with Crippen molar-refractivity contribution < 1.29 is 0 Å². The highest BCUT2D eigenvalue weighted by Crippen LogP contribution is 2.40. The molecule has 1 aliphatic rings. The molecule has 2 heterocycles. The molecule has 12 rings (SSSR count). The van der Waals surface area contributed by atoms with E-state index in [0.29, 0.717) is 5.92 Å². The Labute approximate surface area is 361 Å². The van der Waals surface area contributed by atoms with Crippen molar-refractivity contribution in [2.24, 2.45) is 0 Å². The summed E-state index contributed by atoms with van der Waals surface area (Å²) >= 11 is 0. The fourth-order valence-electron chi connectivity index (χ4n) is 9.80. The first-order chi connectivity index (χ1) is 30.7. The molecule has 0 bridgehead atoms. The Bertz CT molecular complexity index is 3470. The molecule has 1 unspecified atom stereocenters. The van der Waals surface area contributed by atoms with E-state index in [1.807, 2.05) is 0 Å². The first-order valence-electron chi connectivity index (χ1n) is 21.6. The van der Waals surface area contributed by atoms with E-state index in [1.54, 1.807) is 0 Å². The number of benzene rings is 9. The molecule has 1 aliphatic carbocycles. The Morgan fingerprint density at radius 1 is 0.323 bits per heavy atom. The molecule has 2 nitrogen and oxygen atoms in total. The normalized spacial score (nSPS) is 13.9. The van der Waals surface area contributed by atoms with Crippen molar-refractivity contribution in [1.82, 2.24) is 9.13 Å². The SMILES string of the molecule is C1=CC(c2cccc(-n3c4ccccc4c4cc(-c5ccc6c(c5)c5ccccc5n6-c5cc(-c6ccccc6)cc(-c6ccccc6)c5)ccc43)c2)CC=C1c1ccccc1. The number of allylic oxidation sites excluding steroid dienone is 4. The smallest absolute Gasteiger partial charge is 0.0541 e. The van der Waals surface area contributed by atoms with E-state index in [-0.39, 0.29) is 0 Å². The van der Waals surface area contributed by atoms with Gasteiger partial charge in [-0.05, 0) is 123 Å². The minimum absolute atomic E-state index is 0.335. The second kappa shape index (κ2) is 15.0. The molecule has 9 aromatic carbocycles. The van der Waals surface area contributed by atoms with Crippen LogP contribution in [-0.2, 0) is 0 Å². The summed E-state index contributed by atoms with van der Waals surface area (Å²) in [6, 6.07) is 80.0. The number of hydrogen-bond acceptors (Lipinski definition) is 0. The summed E-state index contributed by atoms with van der Waals surface area (Å²) in [7, 11) is 0. The lowest BCUT2D eigenvalue weighted by atomic mass is 9.88. The molecular formula is C60H42N2. The summed E-state index contributed by atoms with van der Waals surface area (Å²) in [6.07, 6.45) is 8.03. The van der Waals surface area contributed by atoms with E-state index in [1.165, 1.54) is 99.4 Å². The zero-order chi connectivity index (χ0) is 41.0. The van der Waals surface area contributed by atoms with E-state index in [2.05, 4.69) is 246 Å². The van der Waals surface area contributed by atoms with Gasteiger partial charge in [-0.2, -0.15) is 0 Å². The monoisotopic (exact) mass is 790 g/mol. The third-order valence-corrected chi connectivity index (χ3v) is 12.8. The maximum absolute atomic E-state index is 2.44. The van der Waals surface area contributed by atoms with Crippen LogP contribution in [-0.4, -0.2) is 9.13 Å². The third-order valence-electron chi connectivity index (χ3n) is 12.8. The van der Waals surface area contributed by atoms with Crippen LogP contribution in [0.1, 0.15) is 23.5 Å². The van der Waals surface area contributed by atoms with E-state index in [0.717, 1.165) is 12.1 Å². The highest BCUT2D eigenvalue weighted by Gasteiger charge is 2.19. The molecule has 0 radical (unpaired) electrons. The van der Waals surface area contributed by atoms with Gasteiger partial charge in [0.25, 0.3) is 0 Å². The quantitative estimate of drug-likeness (QED) is 0.152. The molecule has 0 N–H and O–H groups in total. The summed E-state index contributed by atoms with van der Waals surface area (Å²) in [6.45, 7) is 0. The summed E-state index contributed by atoms with van der Waals surface area (Å²) in [5.41, 5.74) is 18.3. The predicted octanol–water partition coefficient (Wildman–Crippen LogP) is 16.0. The van der Waals surface area contributed by atoms with Crippen LogP contribution in [0.4, 0.5) is 0 Å². The predicted molar refractivity (Wildman–Crippen MR) is 262 cm³/mol. The molecule has 62 heavy (non-hydrogen) atoms. The number of hydrogen-bond donors (Lipinski definition) is 0. The van der Waals surface area contributed by atoms with Crippen LogP contribution in [0.2, 0.25) is 0 Å². The zero-order valence-electron chi connectivity index (χ0n) is 34.2. The second-order valence-corrected chi connectivity index (χ2v) is 16.5. The van der Waals surface area contributed by atoms with Gasteiger partial charge in [-0.15, -0.1) is 0 Å². The highest BCUT2D eigenvalue weighted by atomic mass is 15.0. The Morgan fingerprint density at radius 3 is 1.37 bits per heavy atom. The van der Waals surface area contributed by atoms with Crippen molar-refractivity contribution in [1.29, 1.82) is 0 Å². The number of nitrogens with zero attached hydrogens (tertiary/aromatic N) is 2. The van der Waals surface area contributed by atoms with Crippen LogP contribution in [0, 0.1) is 0 Å². The summed E-state index contributed by atoms with van der Waals surface area (Å²) in [5.74, 6) is 0.335. The maximum atomic E-state index is 2.44. The van der Waals surface area contributed by atoms with Gasteiger partial charge in [0.15, 0.2) is 0 Å². The van der Waals surface area contributed by atoms with Gasteiger partial charge in [-0.25, -0.2) is 0 Å². The molecule has 0 amide bonds. The van der Waals surface area contributed by atoms with Crippen LogP contribution < -0.4 is 0 Å². The third kappa shape index (κ3) is 6.19. The van der Waals surface area contributed by atoms with Gasteiger partial charge >= 0.3 is 0 Å². The molecule has 0 saturated carbocycles. The van der Waals surface area contributed by atoms with Crippen molar-refractivity contribution in [2.75, 3.05) is 0 Å². The molecule has 2 aromatic heterocycles. The van der Waals surface area contributed by atoms with Crippen molar-refractivity contribution >= 4 is 49.2 Å². The summed E-state index contributed by atoms with van der Waals surface area (Å²) in [5, 5.41) is 5.00. The van der Waals surface area contributed by atoms with Crippen molar-refractivity contribution in [3.63, 3.8) is 0 Å². The average molecular weight is 791 g/mol. The first-order valence-corrected chi connectivity index (χ1v) is 21.6. The molecular weight excluding hydrogens is 749 g/mol. The van der Waals surface area contributed by atoms with Gasteiger partial charge in [0.1, 0.15) is 0 Å². The minimum atomic E-state index is 0.335. The molecule has 1 atom stereocenters. The lowest BCUT2D eigenvalue weighted by molar-refractivity contribution is 0.854. The summed E-state index contributed by atoms with van der Waals surface area (Å²) in [4.78, 5) is 0. The standard InChI is InChI=1S/C60H42N2/c1-4-15-41(16-5-1)44-27-29-45(30-28-44)46-21-14-22-51(36-46)61-57-25-12-10-23-53(57)55-39-47(31-33-59(55)61)48-32-34-60-56(40-48)54-24-11-13-26-58(54)62(60)52-37-49(42-17-6-2-7-18-42)35-50(38-52)43-19-8-3-9-20-43/h1-29,31-40,45H,30H2. The van der Waals surface area contributed by atoms with Gasteiger partial charge in [-0.3, -0.25) is 0 Å². The Balaban J connectivity index is 0.952. The average Bonchev–Trinajstić information content (AvgIpc) is 3.87. The maximum Gasteiger partial charge on any atom is 0.0541 e. The lowest BCUT2D eigenvalue weighted by Crippen LogP contribution is -2.01. The number of fused-ring (bicyclic) bond motifs is 6. The van der Waals surface area contributed by atoms with Gasteiger partial charge in [-0.1, -0.05) is 170 Å². The summed E-state index contributed by atoms with van der Waals surface area (Å²) < 4.78 is 4.89. The van der Waals surface area contributed by atoms with Crippen LogP contribution in [0.5, 0.6) is 0 Å². The first kappa shape index (κ1) is 36.0. The largest absolute Gasteiger partial charge is 0.309 e. The topological polar surface area (TPSA) is 9.86 Å². The van der Waals surface area contributed by atoms with Gasteiger partial charge in [0.05, 0.1) is 22.1 Å². The Hall–Kier alpha value is -7.94. The fraction of sp³-hybridized carbons (Fsp3) is 0.0333. The molecule has 0 aliphatic heterocycles. The zero-order valence-corrected chi connectivity index (χ0v) is 34.2.